The Morgan fingerprint density at radius 3 is 3.14 bits per heavy atom. The lowest BCUT2D eigenvalue weighted by atomic mass is 10.2. The maximum atomic E-state index is 6.41. The topological polar surface area (TPSA) is 34.0 Å². The summed E-state index contributed by atoms with van der Waals surface area (Å²) < 4.78 is 1.92. The van der Waals surface area contributed by atoms with Gasteiger partial charge in [-0.15, -0.1) is 11.3 Å². The molecule has 1 aromatic carbocycles. The Morgan fingerprint density at radius 2 is 2.32 bits per heavy atom. The van der Waals surface area contributed by atoms with Crippen LogP contribution in [0.25, 0.3) is 10.9 Å². The van der Waals surface area contributed by atoms with Gasteiger partial charge in [0.25, 0.3) is 0 Å². The molecule has 0 amide bonds. The van der Waals surface area contributed by atoms with E-state index < -0.39 is 0 Å². The fourth-order valence-corrected chi connectivity index (χ4v) is 4.44. The molecule has 0 saturated carbocycles. The molecule has 1 saturated heterocycles. The molecular formula is C16H17ClN4S. The third-order valence-electron chi connectivity index (χ3n) is 4.35. The summed E-state index contributed by atoms with van der Waals surface area (Å²) in [6, 6.07) is 6.40. The van der Waals surface area contributed by atoms with Gasteiger partial charge < -0.3 is 0 Å². The number of aromatic nitrogens is 3. The molecule has 0 unspecified atom stereocenters. The first-order valence-corrected chi connectivity index (χ1v) is 8.73. The molecule has 1 fully saturated rings. The van der Waals surface area contributed by atoms with E-state index >= 15 is 0 Å². The van der Waals surface area contributed by atoms with Crippen LogP contribution in [0.1, 0.15) is 29.6 Å². The van der Waals surface area contributed by atoms with Gasteiger partial charge in [-0.25, -0.2) is 4.98 Å². The molecule has 2 aromatic heterocycles. The standard InChI is InChI=1S/C16H17ClN4S/c1-20-13-5-2-4-11(17)15(13)12(19-20)10-21-8-3-6-14(21)16-18-7-9-22-16/h2,4-5,7,9,14H,3,6,8,10H2,1H3/t14-/m1/s1. The lowest BCUT2D eigenvalue weighted by Gasteiger charge is -2.21. The summed E-state index contributed by atoms with van der Waals surface area (Å²) in [5.41, 5.74) is 2.15. The number of hydrogen-bond donors (Lipinski definition) is 0. The molecule has 0 bridgehead atoms. The van der Waals surface area contributed by atoms with Gasteiger partial charge >= 0.3 is 0 Å². The number of benzene rings is 1. The normalized spacial score (nSPS) is 19.3. The summed E-state index contributed by atoms with van der Waals surface area (Å²) in [6.45, 7) is 1.91. The van der Waals surface area contributed by atoms with Crippen molar-refractivity contribution < 1.29 is 0 Å². The van der Waals surface area contributed by atoms with Crippen LogP contribution in [0, 0.1) is 0 Å². The van der Waals surface area contributed by atoms with E-state index in [-0.39, 0.29) is 0 Å². The van der Waals surface area contributed by atoms with E-state index in [9.17, 15) is 0 Å². The van der Waals surface area contributed by atoms with E-state index in [1.807, 2.05) is 30.1 Å². The van der Waals surface area contributed by atoms with Gasteiger partial charge in [0.1, 0.15) is 5.01 Å². The minimum Gasteiger partial charge on any atom is -0.288 e. The van der Waals surface area contributed by atoms with Gasteiger partial charge in [0.05, 0.1) is 22.3 Å². The predicted octanol–water partition coefficient (Wildman–Crippen LogP) is 4.02. The Bertz CT molecular complexity index is 796. The highest BCUT2D eigenvalue weighted by atomic mass is 35.5. The van der Waals surface area contributed by atoms with Crippen LogP contribution in [-0.4, -0.2) is 26.2 Å². The zero-order chi connectivity index (χ0) is 15.1. The van der Waals surface area contributed by atoms with E-state index in [2.05, 4.69) is 21.3 Å². The van der Waals surface area contributed by atoms with Gasteiger partial charge in [-0.3, -0.25) is 9.58 Å². The Labute approximate surface area is 138 Å². The van der Waals surface area contributed by atoms with Crippen molar-refractivity contribution in [3.63, 3.8) is 0 Å². The average molecular weight is 333 g/mol. The van der Waals surface area contributed by atoms with Crippen LogP contribution in [0.2, 0.25) is 5.02 Å². The smallest absolute Gasteiger partial charge is 0.110 e. The SMILES string of the molecule is Cn1nc(CN2CCC[C@@H]2c2nccs2)c2c(Cl)cccc21. The summed E-state index contributed by atoms with van der Waals surface area (Å²) >= 11 is 8.16. The molecule has 0 aliphatic carbocycles. The molecule has 4 rings (SSSR count). The van der Waals surface area contributed by atoms with E-state index in [0.29, 0.717) is 6.04 Å². The van der Waals surface area contributed by atoms with Crippen LogP contribution in [0.3, 0.4) is 0 Å². The van der Waals surface area contributed by atoms with Crippen LogP contribution >= 0.6 is 22.9 Å². The van der Waals surface area contributed by atoms with Crippen LogP contribution < -0.4 is 0 Å². The van der Waals surface area contributed by atoms with Gasteiger partial charge in [-0.05, 0) is 31.5 Å². The summed E-state index contributed by atoms with van der Waals surface area (Å²) in [5.74, 6) is 0. The van der Waals surface area contributed by atoms with Crippen LogP contribution in [0.15, 0.2) is 29.8 Å². The molecule has 3 aromatic rings. The molecule has 0 radical (unpaired) electrons. The van der Waals surface area contributed by atoms with Gasteiger partial charge in [-0.2, -0.15) is 5.10 Å². The summed E-state index contributed by atoms with van der Waals surface area (Å²) in [5, 5.41) is 9.83. The Morgan fingerprint density at radius 1 is 1.41 bits per heavy atom. The third kappa shape index (κ3) is 2.33. The molecule has 1 aliphatic rings. The van der Waals surface area contributed by atoms with Gasteiger partial charge in [0.2, 0.25) is 0 Å². The monoisotopic (exact) mass is 332 g/mol. The first-order valence-electron chi connectivity index (χ1n) is 7.47. The number of nitrogens with zero attached hydrogens (tertiary/aromatic N) is 4. The van der Waals surface area contributed by atoms with Crippen molar-refractivity contribution in [3.05, 3.63) is 45.5 Å². The number of halogens is 1. The number of aryl methyl sites for hydroxylation is 1. The van der Waals surface area contributed by atoms with Crippen molar-refractivity contribution in [2.75, 3.05) is 6.54 Å². The van der Waals surface area contributed by atoms with Gasteiger partial charge in [0.15, 0.2) is 0 Å². The molecule has 6 heteroatoms. The predicted molar refractivity (Wildman–Crippen MR) is 90.2 cm³/mol. The van der Waals surface area contributed by atoms with Crippen molar-refractivity contribution in [1.82, 2.24) is 19.7 Å². The Kier molecular flexibility index (Phi) is 3.64. The fraction of sp³-hybridized carbons (Fsp3) is 0.375. The quantitative estimate of drug-likeness (QED) is 0.726. The zero-order valence-corrected chi connectivity index (χ0v) is 13.9. The third-order valence-corrected chi connectivity index (χ3v) is 5.54. The lowest BCUT2D eigenvalue weighted by Crippen LogP contribution is -2.23. The van der Waals surface area contributed by atoms with Crippen molar-refractivity contribution in [1.29, 1.82) is 0 Å². The maximum Gasteiger partial charge on any atom is 0.110 e. The molecule has 22 heavy (non-hydrogen) atoms. The average Bonchev–Trinajstić information content (AvgIpc) is 3.21. The highest BCUT2D eigenvalue weighted by Crippen LogP contribution is 2.35. The maximum absolute atomic E-state index is 6.41. The molecule has 0 spiro atoms. The largest absolute Gasteiger partial charge is 0.288 e. The van der Waals surface area contributed by atoms with Crippen molar-refractivity contribution in [3.8, 4) is 0 Å². The first kappa shape index (κ1) is 14.2. The summed E-state index contributed by atoms with van der Waals surface area (Å²) in [6.07, 6.45) is 4.28. The van der Waals surface area contributed by atoms with Crippen molar-refractivity contribution in [2.45, 2.75) is 25.4 Å². The molecule has 114 valence electrons. The second-order valence-electron chi connectivity index (χ2n) is 5.70. The summed E-state index contributed by atoms with van der Waals surface area (Å²) in [4.78, 5) is 6.98. The second-order valence-corrected chi connectivity index (χ2v) is 7.04. The van der Waals surface area contributed by atoms with Crippen molar-refractivity contribution >= 4 is 33.8 Å². The highest BCUT2D eigenvalue weighted by Gasteiger charge is 2.29. The molecule has 4 nitrogen and oxygen atoms in total. The van der Waals surface area contributed by atoms with Crippen molar-refractivity contribution in [2.24, 2.45) is 7.05 Å². The van der Waals surface area contributed by atoms with E-state index in [1.165, 1.54) is 17.8 Å². The number of likely N-dealkylation sites (tertiary alicyclic amines) is 1. The van der Waals surface area contributed by atoms with Gasteiger partial charge in [-0.1, -0.05) is 17.7 Å². The van der Waals surface area contributed by atoms with E-state index in [4.69, 9.17) is 16.7 Å². The number of thiazole rings is 1. The minimum atomic E-state index is 0.416. The minimum absolute atomic E-state index is 0.416. The molecule has 3 heterocycles. The number of fused-ring (bicyclic) bond motifs is 1. The second kappa shape index (κ2) is 5.65. The molecular weight excluding hydrogens is 316 g/mol. The van der Waals surface area contributed by atoms with Crippen LogP contribution in [0.5, 0.6) is 0 Å². The molecule has 1 aliphatic heterocycles. The lowest BCUT2D eigenvalue weighted by molar-refractivity contribution is 0.245. The number of rotatable bonds is 3. The fourth-order valence-electron chi connectivity index (χ4n) is 3.35. The highest BCUT2D eigenvalue weighted by molar-refractivity contribution is 7.09. The van der Waals surface area contributed by atoms with Crippen LogP contribution in [-0.2, 0) is 13.6 Å². The van der Waals surface area contributed by atoms with Crippen LogP contribution in [0.4, 0.5) is 0 Å². The Balaban J connectivity index is 1.69. The van der Waals surface area contributed by atoms with E-state index in [1.54, 1.807) is 11.3 Å². The molecule has 1 atom stereocenters. The van der Waals surface area contributed by atoms with Gasteiger partial charge in [0, 0.05) is 30.6 Å². The first-order chi connectivity index (χ1) is 10.7. The zero-order valence-electron chi connectivity index (χ0n) is 12.4. The number of hydrogen-bond acceptors (Lipinski definition) is 4. The molecule has 0 N–H and O–H groups in total. The Hall–Kier alpha value is -1.43. The van der Waals surface area contributed by atoms with E-state index in [0.717, 1.165) is 34.7 Å². The summed E-state index contributed by atoms with van der Waals surface area (Å²) in [7, 11) is 1.98.